The number of nitrogens with two attached hydrogens (primary N) is 1. The van der Waals surface area contributed by atoms with Crippen molar-refractivity contribution >= 4 is 21.9 Å². The zero-order chi connectivity index (χ0) is 9.84. The molecule has 0 unspecified atom stereocenters. The molecule has 5 nitrogen and oxygen atoms in total. The van der Waals surface area contributed by atoms with Gasteiger partial charge in [-0.05, 0) is 12.8 Å². The molecular formula is C7H9BrN2O3. The Bertz CT molecular complexity index is 300. The van der Waals surface area contributed by atoms with Crippen molar-refractivity contribution in [2.45, 2.75) is 18.9 Å². The van der Waals surface area contributed by atoms with Gasteiger partial charge in [0, 0.05) is 15.9 Å². The summed E-state index contributed by atoms with van der Waals surface area (Å²) in [5.41, 5.74) is 6.00. The summed E-state index contributed by atoms with van der Waals surface area (Å²) in [4.78, 5) is 14.7. The van der Waals surface area contributed by atoms with Crippen LogP contribution in [0.1, 0.15) is 12.1 Å². The molecule has 0 aliphatic rings. The first-order valence-electron chi connectivity index (χ1n) is 3.68. The van der Waals surface area contributed by atoms with Gasteiger partial charge in [-0.25, -0.2) is 4.98 Å². The van der Waals surface area contributed by atoms with Crippen LogP contribution in [0, 0.1) is 0 Å². The fourth-order valence-electron chi connectivity index (χ4n) is 0.824. The van der Waals surface area contributed by atoms with Gasteiger partial charge >= 0.3 is 5.97 Å². The molecule has 0 aliphatic carbocycles. The highest BCUT2D eigenvalue weighted by Crippen LogP contribution is 2.10. The van der Waals surface area contributed by atoms with E-state index in [1.54, 1.807) is 0 Å². The lowest BCUT2D eigenvalue weighted by molar-refractivity contribution is -0.138. The van der Waals surface area contributed by atoms with Crippen molar-refractivity contribution < 1.29 is 14.3 Å². The van der Waals surface area contributed by atoms with Crippen LogP contribution in [0.4, 0.5) is 0 Å². The topological polar surface area (TPSA) is 89.4 Å². The number of aliphatic carboxylic acids is 1. The molecule has 1 aromatic rings. The van der Waals surface area contributed by atoms with E-state index in [-0.39, 0.29) is 0 Å². The third-order valence-electron chi connectivity index (χ3n) is 1.55. The number of carboxylic acids is 1. The lowest BCUT2D eigenvalue weighted by Crippen LogP contribution is -2.30. The van der Waals surface area contributed by atoms with Gasteiger partial charge in [-0.1, -0.05) is 0 Å². The predicted molar refractivity (Wildman–Crippen MR) is 48.1 cm³/mol. The van der Waals surface area contributed by atoms with E-state index in [2.05, 4.69) is 20.9 Å². The van der Waals surface area contributed by atoms with Crippen molar-refractivity contribution in [3.63, 3.8) is 0 Å². The van der Waals surface area contributed by atoms with Gasteiger partial charge in [-0.3, -0.25) is 4.79 Å². The summed E-state index contributed by atoms with van der Waals surface area (Å²) >= 11 is 3.04. The van der Waals surface area contributed by atoms with Crippen LogP contribution in [0.3, 0.4) is 0 Å². The highest BCUT2D eigenvalue weighted by Gasteiger charge is 2.12. The molecule has 1 atom stereocenters. The molecule has 1 heterocycles. The zero-order valence-corrected chi connectivity index (χ0v) is 8.32. The maximum atomic E-state index is 10.3. The van der Waals surface area contributed by atoms with E-state index < -0.39 is 12.0 Å². The number of nitrogens with zero attached hydrogens (tertiary/aromatic N) is 1. The minimum Gasteiger partial charge on any atom is -0.480 e. The van der Waals surface area contributed by atoms with Crippen LogP contribution in [-0.4, -0.2) is 22.1 Å². The average Bonchev–Trinajstić information content (AvgIpc) is 2.47. The minimum atomic E-state index is -0.998. The summed E-state index contributed by atoms with van der Waals surface area (Å²) in [7, 11) is 0. The molecule has 0 aromatic carbocycles. The first-order chi connectivity index (χ1) is 6.09. The molecule has 13 heavy (non-hydrogen) atoms. The Balaban J connectivity index is 2.39. The number of carboxylic acid groups (broad SMARTS) is 1. The monoisotopic (exact) mass is 248 g/mol. The summed E-state index contributed by atoms with van der Waals surface area (Å²) < 4.78 is 4.87. The lowest BCUT2D eigenvalue weighted by atomic mass is 10.1. The standard InChI is InChI=1S/C7H9BrN2O3/c8-7-10-4(3-13-7)1-2-5(9)6(11)12/h3,5H,1-2,9H2,(H,11,12)/t5-/m0/s1. The van der Waals surface area contributed by atoms with Gasteiger partial charge in [-0.2, -0.15) is 0 Å². The molecule has 0 spiro atoms. The third-order valence-corrected chi connectivity index (χ3v) is 1.92. The van der Waals surface area contributed by atoms with Gasteiger partial charge in [0.25, 0.3) is 4.80 Å². The molecule has 0 bridgehead atoms. The second kappa shape index (κ2) is 4.38. The number of hydrogen-bond donors (Lipinski definition) is 2. The average molecular weight is 249 g/mol. The molecule has 0 saturated heterocycles. The Morgan fingerprint density at radius 2 is 2.54 bits per heavy atom. The van der Waals surface area contributed by atoms with Crippen LogP contribution in [0.25, 0.3) is 0 Å². The molecule has 0 fully saturated rings. The molecule has 1 aromatic heterocycles. The Hall–Kier alpha value is -0.880. The highest BCUT2D eigenvalue weighted by molar-refractivity contribution is 9.10. The molecule has 0 aliphatic heterocycles. The normalized spacial score (nSPS) is 12.8. The van der Waals surface area contributed by atoms with Crippen molar-refractivity contribution in [3.05, 3.63) is 16.8 Å². The number of carbonyl (C=O) groups is 1. The lowest BCUT2D eigenvalue weighted by Gasteiger charge is -2.02. The number of hydrogen-bond acceptors (Lipinski definition) is 4. The summed E-state index contributed by atoms with van der Waals surface area (Å²) in [6.07, 6.45) is 2.33. The Morgan fingerprint density at radius 1 is 1.85 bits per heavy atom. The van der Waals surface area contributed by atoms with E-state index in [0.717, 1.165) is 0 Å². The molecule has 3 N–H and O–H groups in total. The summed E-state index contributed by atoms with van der Waals surface area (Å²) in [6, 6.07) is -0.838. The number of oxazole rings is 1. The number of halogens is 1. The molecular weight excluding hydrogens is 240 g/mol. The Kier molecular flexibility index (Phi) is 3.44. The van der Waals surface area contributed by atoms with E-state index in [4.69, 9.17) is 15.3 Å². The second-order valence-electron chi connectivity index (χ2n) is 2.58. The smallest absolute Gasteiger partial charge is 0.320 e. The molecule has 0 saturated carbocycles. The molecule has 1 rings (SSSR count). The van der Waals surface area contributed by atoms with Crippen molar-refractivity contribution in [2.75, 3.05) is 0 Å². The first kappa shape index (κ1) is 10.2. The minimum absolute atomic E-state index is 0.355. The predicted octanol–water partition coefficient (Wildman–Crippen LogP) is 0.782. The third kappa shape index (κ3) is 3.16. The maximum absolute atomic E-state index is 10.3. The van der Waals surface area contributed by atoms with Gasteiger partial charge in [0.15, 0.2) is 0 Å². The fourth-order valence-corrected chi connectivity index (χ4v) is 1.15. The fraction of sp³-hybridized carbons (Fsp3) is 0.429. The van der Waals surface area contributed by atoms with Gasteiger partial charge in [0.1, 0.15) is 12.3 Å². The summed E-state index contributed by atoms with van der Waals surface area (Å²) in [6.45, 7) is 0. The summed E-state index contributed by atoms with van der Waals surface area (Å²) in [5.74, 6) is -0.998. The van der Waals surface area contributed by atoms with Crippen molar-refractivity contribution in [3.8, 4) is 0 Å². The van der Waals surface area contributed by atoms with Crippen LogP contribution >= 0.6 is 15.9 Å². The number of aryl methyl sites for hydroxylation is 1. The van der Waals surface area contributed by atoms with E-state index in [0.29, 0.717) is 23.3 Å². The van der Waals surface area contributed by atoms with Crippen molar-refractivity contribution in [1.82, 2.24) is 4.98 Å². The maximum Gasteiger partial charge on any atom is 0.320 e. The molecule has 0 radical (unpaired) electrons. The number of aromatic nitrogens is 1. The molecule has 72 valence electrons. The molecule has 0 amide bonds. The quantitative estimate of drug-likeness (QED) is 0.822. The zero-order valence-electron chi connectivity index (χ0n) is 6.74. The van der Waals surface area contributed by atoms with Gasteiger partial charge in [-0.15, -0.1) is 0 Å². The summed E-state index contributed by atoms with van der Waals surface area (Å²) in [5, 5.41) is 8.49. The largest absolute Gasteiger partial charge is 0.480 e. The Labute approximate surface area is 83.1 Å². The molecule has 6 heteroatoms. The van der Waals surface area contributed by atoms with E-state index >= 15 is 0 Å². The number of rotatable bonds is 4. The van der Waals surface area contributed by atoms with Gasteiger partial charge in [0.05, 0.1) is 5.69 Å². The van der Waals surface area contributed by atoms with E-state index in [1.807, 2.05) is 0 Å². The van der Waals surface area contributed by atoms with Gasteiger partial charge < -0.3 is 15.3 Å². The van der Waals surface area contributed by atoms with E-state index in [1.165, 1.54) is 6.26 Å². The van der Waals surface area contributed by atoms with Crippen LogP contribution in [0.2, 0.25) is 0 Å². The highest BCUT2D eigenvalue weighted by atomic mass is 79.9. The Morgan fingerprint density at radius 3 is 3.00 bits per heavy atom. The van der Waals surface area contributed by atoms with Crippen LogP contribution in [0.15, 0.2) is 15.5 Å². The first-order valence-corrected chi connectivity index (χ1v) is 4.47. The van der Waals surface area contributed by atoms with Crippen molar-refractivity contribution in [1.29, 1.82) is 0 Å². The SMILES string of the molecule is N[C@@H](CCc1coc(Br)n1)C(=O)O. The van der Waals surface area contributed by atoms with Crippen LogP contribution < -0.4 is 5.73 Å². The van der Waals surface area contributed by atoms with Gasteiger partial charge in [0.2, 0.25) is 0 Å². The van der Waals surface area contributed by atoms with E-state index in [9.17, 15) is 4.79 Å². The second-order valence-corrected chi connectivity index (χ2v) is 3.25. The van der Waals surface area contributed by atoms with Crippen LogP contribution in [0.5, 0.6) is 0 Å². The van der Waals surface area contributed by atoms with Crippen molar-refractivity contribution in [2.24, 2.45) is 5.73 Å². The van der Waals surface area contributed by atoms with Crippen LogP contribution in [-0.2, 0) is 11.2 Å².